The lowest BCUT2D eigenvalue weighted by atomic mass is 9.76. The fraction of sp³-hybridized carbons (Fsp3) is 0.545. The van der Waals surface area contributed by atoms with E-state index in [2.05, 4.69) is 5.32 Å². The summed E-state index contributed by atoms with van der Waals surface area (Å²) in [4.78, 5) is 23.3. The molecule has 1 heterocycles. The molecule has 0 aromatic heterocycles. The third-order valence-corrected chi connectivity index (χ3v) is 5.18. The molecule has 0 atom stereocenters. The van der Waals surface area contributed by atoms with Gasteiger partial charge < -0.3 is 19.4 Å². The molecule has 1 amide bonds. The molecule has 0 spiro atoms. The number of hydrogen-bond donors (Lipinski definition) is 1. The summed E-state index contributed by atoms with van der Waals surface area (Å²) in [7, 11) is -0.927. The largest absolute Gasteiger partial charge is 0.492 e. The van der Waals surface area contributed by atoms with Crippen molar-refractivity contribution >= 4 is 25.6 Å². The minimum atomic E-state index is -4.62. The molecule has 6 nitrogen and oxygen atoms in total. The summed E-state index contributed by atoms with van der Waals surface area (Å²) in [5.41, 5.74) is -2.72. The normalized spacial score (nSPS) is 18.4. The highest BCUT2D eigenvalue weighted by molar-refractivity contribution is 6.56. The minimum absolute atomic E-state index is 0.0988. The molecule has 32 heavy (non-hydrogen) atoms. The quantitative estimate of drug-likeness (QED) is 0.497. The maximum absolute atomic E-state index is 13.3. The predicted octanol–water partition coefficient (Wildman–Crippen LogP) is 5.06. The van der Waals surface area contributed by atoms with Crippen molar-refractivity contribution in [3.63, 3.8) is 0 Å². The topological polar surface area (TPSA) is 73.9 Å². The fourth-order valence-corrected chi connectivity index (χ4v) is 2.89. The number of alkyl carbamates (subject to hydrolysis) is 1. The number of carbonyl (C=O) groups excluding carboxylic acids is 2. The summed E-state index contributed by atoms with van der Waals surface area (Å²) < 4.78 is 57.1. The monoisotopic (exact) mass is 455 g/mol. The van der Waals surface area contributed by atoms with Crippen molar-refractivity contribution in [2.24, 2.45) is 0 Å². The first-order chi connectivity index (χ1) is 14.4. The Labute approximate surface area is 186 Å². The number of ether oxygens (including phenoxy) is 1. The summed E-state index contributed by atoms with van der Waals surface area (Å²) in [5, 5.41) is 2.58. The van der Waals surface area contributed by atoms with Crippen LogP contribution < -0.4 is 5.32 Å². The molecule has 1 aliphatic rings. The van der Waals surface area contributed by atoms with Crippen LogP contribution >= 0.6 is 0 Å². The molecule has 1 saturated heterocycles. The number of nitrogens with one attached hydrogen (secondary N) is 1. The summed E-state index contributed by atoms with van der Waals surface area (Å²) in [6.07, 6.45) is -3.56. The van der Waals surface area contributed by atoms with Gasteiger partial charge in [-0.25, -0.2) is 4.79 Å². The second-order valence-corrected chi connectivity index (χ2v) is 9.67. The van der Waals surface area contributed by atoms with E-state index in [0.717, 1.165) is 12.1 Å². The number of alkyl halides is 3. The average Bonchev–Trinajstić information content (AvgIpc) is 2.83. The van der Waals surface area contributed by atoms with Crippen LogP contribution in [0.3, 0.4) is 0 Å². The number of aldehydes is 1. The highest BCUT2D eigenvalue weighted by Gasteiger charge is 2.52. The molecule has 0 aliphatic carbocycles. The Morgan fingerprint density at radius 1 is 1.06 bits per heavy atom. The van der Waals surface area contributed by atoms with Crippen LogP contribution in [-0.2, 0) is 20.2 Å². The van der Waals surface area contributed by atoms with Gasteiger partial charge in [0.1, 0.15) is 11.9 Å². The summed E-state index contributed by atoms with van der Waals surface area (Å²) in [5.74, 6) is 0. The Morgan fingerprint density at radius 3 is 2.06 bits per heavy atom. The van der Waals surface area contributed by atoms with Crippen LogP contribution in [-0.4, -0.2) is 42.8 Å². The zero-order chi connectivity index (χ0) is 24.5. The van der Waals surface area contributed by atoms with Gasteiger partial charge in [-0.15, -0.1) is 0 Å². The Morgan fingerprint density at radius 2 is 1.59 bits per heavy atom. The third kappa shape index (κ3) is 6.59. The van der Waals surface area contributed by atoms with E-state index in [0.29, 0.717) is 11.8 Å². The standard InChI is InChI=1S/C22H29BF3NO5/c1-19(2,3)30-18(29)27-12-17(23-31-20(4,5)21(6,7)32-23)11-14-8-15(13-28)10-16(9-14)22(24,25)26/h8-11,13H,12H2,1-7H3,(H,27,29). The van der Waals surface area contributed by atoms with Crippen LogP contribution in [0.2, 0.25) is 0 Å². The Kier molecular flexibility index (Phi) is 7.21. The molecule has 0 radical (unpaired) electrons. The maximum atomic E-state index is 13.3. The predicted molar refractivity (Wildman–Crippen MR) is 115 cm³/mol. The van der Waals surface area contributed by atoms with Crippen molar-refractivity contribution in [2.45, 2.75) is 71.4 Å². The zero-order valence-electron chi connectivity index (χ0n) is 19.3. The van der Waals surface area contributed by atoms with E-state index in [4.69, 9.17) is 14.0 Å². The van der Waals surface area contributed by atoms with Crippen molar-refractivity contribution in [3.05, 3.63) is 40.4 Å². The SMILES string of the molecule is CC(C)(C)OC(=O)NCC(=Cc1cc(C=O)cc(C(F)(F)F)c1)B1OC(C)(C)C(C)(C)O1. The lowest BCUT2D eigenvalue weighted by Gasteiger charge is -2.32. The van der Waals surface area contributed by atoms with Gasteiger partial charge in [0.15, 0.2) is 0 Å². The molecule has 10 heteroatoms. The fourth-order valence-electron chi connectivity index (χ4n) is 2.89. The molecular formula is C22H29BF3NO5. The number of benzene rings is 1. The second-order valence-electron chi connectivity index (χ2n) is 9.67. The van der Waals surface area contributed by atoms with E-state index in [-0.39, 0.29) is 17.7 Å². The van der Waals surface area contributed by atoms with Gasteiger partial charge in [-0.3, -0.25) is 4.79 Å². The molecule has 1 aromatic carbocycles. The Hall–Kier alpha value is -2.33. The lowest BCUT2D eigenvalue weighted by Crippen LogP contribution is -2.41. The average molecular weight is 455 g/mol. The van der Waals surface area contributed by atoms with Crippen molar-refractivity contribution in [1.29, 1.82) is 0 Å². The van der Waals surface area contributed by atoms with Crippen LogP contribution in [0, 0.1) is 0 Å². The number of carbonyl (C=O) groups is 2. The number of hydrogen-bond acceptors (Lipinski definition) is 5. The van der Waals surface area contributed by atoms with E-state index in [1.165, 1.54) is 12.1 Å². The van der Waals surface area contributed by atoms with E-state index >= 15 is 0 Å². The van der Waals surface area contributed by atoms with Crippen molar-refractivity contribution in [3.8, 4) is 0 Å². The van der Waals surface area contributed by atoms with Gasteiger partial charge in [0.25, 0.3) is 0 Å². The molecule has 1 fully saturated rings. The molecule has 0 bridgehead atoms. The van der Waals surface area contributed by atoms with Crippen molar-refractivity contribution in [2.75, 3.05) is 6.54 Å². The first-order valence-electron chi connectivity index (χ1n) is 10.1. The van der Waals surface area contributed by atoms with E-state index in [9.17, 15) is 22.8 Å². The summed E-state index contributed by atoms with van der Waals surface area (Å²) >= 11 is 0. The van der Waals surface area contributed by atoms with Gasteiger partial charge in [-0.2, -0.15) is 13.2 Å². The molecule has 0 saturated carbocycles. The minimum Gasteiger partial charge on any atom is -0.444 e. The van der Waals surface area contributed by atoms with Gasteiger partial charge in [-0.1, -0.05) is 6.08 Å². The summed E-state index contributed by atoms with van der Waals surface area (Å²) in [6, 6.07) is 3.02. The third-order valence-electron chi connectivity index (χ3n) is 5.18. The van der Waals surface area contributed by atoms with Crippen LogP contribution in [0.5, 0.6) is 0 Å². The zero-order valence-corrected chi connectivity index (χ0v) is 19.3. The highest BCUT2D eigenvalue weighted by atomic mass is 19.4. The first kappa shape index (κ1) is 25.9. The Bertz CT molecular complexity index is 888. The Balaban J connectivity index is 2.44. The van der Waals surface area contributed by atoms with Crippen molar-refractivity contribution < 1.29 is 36.8 Å². The smallest absolute Gasteiger partial charge is 0.444 e. The van der Waals surface area contributed by atoms with Gasteiger partial charge in [0.05, 0.1) is 16.8 Å². The maximum Gasteiger partial charge on any atom is 0.492 e. The van der Waals surface area contributed by atoms with E-state index < -0.39 is 41.8 Å². The van der Waals surface area contributed by atoms with Crippen molar-refractivity contribution in [1.82, 2.24) is 5.32 Å². The van der Waals surface area contributed by atoms with E-state index in [1.807, 2.05) is 27.7 Å². The van der Waals surface area contributed by atoms with Gasteiger partial charge in [0.2, 0.25) is 0 Å². The molecule has 0 unspecified atom stereocenters. The van der Waals surface area contributed by atoms with Crippen LogP contribution in [0.15, 0.2) is 23.7 Å². The van der Waals surface area contributed by atoms with Gasteiger partial charge in [0, 0.05) is 12.1 Å². The molecular weight excluding hydrogens is 426 g/mol. The number of halogens is 3. The molecule has 176 valence electrons. The lowest BCUT2D eigenvalue weighted by molar-refractivity contribution is -0.137. The van der Waals surface area contributed by atoms with E-state index in [1.54, 1.807) is 20.8 Å². The summed E-state index contributed by atoms with van der Waals surface area (Å²) in [6.45, 7) is 12.4. The molecule has 1 N–H and O–H groups in total. The number of rotatable bonds is 5. The molecule has 1 aliphatic heterocycles. The van der Waals surface area contributed by atoms with Crippen LogP contribution in [0.25, 0.3) is 6.08 Å². The molecule has 1 aromatic rings. The number of amides is 1. The first-order valence-corrected chi connectivity index (χ1v) is 10.1. The van der Waals surface area contributed by atoms with Gasteiger partial charge in [-0.05, 0) is 77.7 Å². The van der Waals surface area contributed by atoms with Crippen LogP contribution in [0.4, 0.5) is 18.0 Å². The highest BCUT2D eigenvalue weighted by Crippen LogP contribution is 2.39. The second kappa shape index (κ2) is 8.90. The molecule has 2 rings (SSSR count). The van der Waals surface area contributed by atoms with Gasteiger partial charge >= 0.3 is 19.4 Å². The van der Waals surface area contributed by atoms with Crippen LogP contribution in [0.1, 0.15) is 70.0 Å².